The molecule has 6 nitrogen and oxygen atoms in total. The van der Waals surface area contributed by atoms with Gasteiger partial charge in [0.25, 0.3) is 0 Å². The van der Waals surface area contributed by atoms with Crippen molar-refractivity contribution in [1.29, 1.82) is 0 Å². The van der Waals surface area contributed by atoms with Gasteiger partial charge >= 0.3 is 0 Å². The molecule has 1 saturated heterocycles. The number of hydrogen-bond donors (Lipinski definition) is 1. The minimum Gasteiger partial charge on any atom is -0.494 e. The third kappa shape index (κ3) is 5.21. The van der Waals surface area contributed by atoms with Crippen LogP contribution in [0.2, 0.25) is 0 Å². The molecule has 0 spiro atoms. The average molecular weight is 474 g/mol. The van der Waals surface area contributed by atoms with Crippen molar-refractivity contribution >= 4 is 27.4 Å². The molecule has 0 saturated carbocycles. The number of nitrogen functional groups attached to an aromatic ring is 1. The number of nitrogens with zero attached hydrogens (tertiary/aromatic N) is 4. The van der Waals surface area contributed by atoms with Gasteiger partial charge in [-0.3, -0.25) is 0 Å². The standard InChI is InChI=1S/C27H31N5OS/c1-19(20-8-9-23-25(15-20)34-18-31-23)27(24-16-26(28)30-17-29-24)21-6-4-7-22(14-21)33-13-5-12-32-10-2-3-11-32/h4,6-9,14-19,27H,2-3,5,10-13H2,1H3,(H2,28,29,30). The number of benzene rings is 2. The molecule has 4 aromatic rings. The van der Waals surface area contributed by atoms with Crippen LogP contribution < -0.4 is 10.5 Å². The quantitative estimate of drug-likeness (QED) is 0.325. The number of ether oxygens (including phenoxy) is 1. The summed E-state index contributed by atoms with van der Waals surface area (Å²) in [6.07, 6.45) is 5.24. The maximum Gasteiger partial charge on any atom is 0.127 e. The van der Waals surface area contributed by atoms with Crippen molar-refractivity contribution in [1.82, 2.24) is 19.9 Å². The molecule has 2 aromatic carbocycles. The van der Waals surface area contributed by atoms with Gasteiger partial charge in [0, 0.05) is 18.5 Å². The summed E-state index contributed by atoms with van der Waals surface area (Å²) in [5.41, 5.74) is 12.3. The number of fused-ring (bicyclic) bond motifs is 1. The Morgan fingerprint density at radius 2 is 1.91 bits per heavy atom. The summed E-state index contributed by atoms with van der Waals surface area (Å²) < 4.78 is 7.35. The molecule has 2 N–H and O–H groups in total. The normalized spacial score (nSPS) is 16.0. The van der Waals surface area contributed by atoms with E-state index in [2.05, 4.69) is 63.2 Å². The van der Waals surface area contributed by atoms with Gasteiger partial charge in [-0.1, -0.05) is 25.1 Å². The minimum absolute atomic E-state index is 0.0174. The Morgan fingerprint density at radius 3 is 2.76 bits per heavy atom. The highest BCUT2D eigenvalue weighted by atomic mass is 32.1. The third-order valence-corrected chi connectivity index (χ3v) is 7.50. The van der Waals surface area contributed by atoms with Crippen LogP contribution in [-0.4, -0.2) is 46.1 Å². The lowest BCUT2D eigenvalue weighted by Crippen LogP contribution is -2.21. The predicted molar refractivity (Wildman–Crippen MR) is 139 cm³/mol. The number of aromatic nitrogens is 3. The number of rotatable bonds is 9. The fourth-order valence-electron chi connectivity index (χ4n) is 4.90. The van der Waals surface area contributed by atoms with Gasteiger partial charge in [0.1, 0.15) is 17.9 Å². The summed E-state index contributed by atoms with van der Waals surface area (Å²) in [5.74, 6) is 1.57. The van der Waals surface area contributed by atoms with Crippen LogP contribution in [0.5, 0.6) is 5.75 Å². The molecule has 1 aliphatic rings. The molecule has 0 amide bonds. The monoisotopic (exact) mass is 473 g/mol. The first-order valence-electron chi connectivity index (χ1n) is 12.0. The topological polar surface area (TPSA) is 77.2 Å². The fourth-order valence-corrected chi connectivity index (χ4v) is 5.63. The van der Waals surface area contributed by atoms with Crippen LogP contribution in [0.3, 0.4) is 0 Å². The molecule has 0 bridgehead atoms. The van der Waals surface area contributed by atoms with Gasteiger partial charge in [0.2, 0.25) is 0 Å². The van der Waals surface area contributed by atoms with Crippen molar-refractivity contribution in [3.05, 3.63) is 77.2 Å². The second-order valence-corrected chi connectivity index (χ2v) is 9.92. The van der Waals surface area contributed by atoms with Gasteiger partial charge in [0.05, 0.1) is 28.0 Å². The van der Waals surface area contributed by atoms with E-state index in [1.807, 2.05) is 17.6 Å². The number of hydrogen-bond acceptors (Lipinski definition) is 7. The third-order valence-electron chi connectivity index (χ3n) is 6.71. The van der Waals surface area contributed by atoms with E-state index in [0.717, 1.165) is 42.1 Å². The van der Waals surface area contributed by atoms with Gasteiger partial charge in [-0.25, -0.2) is 15.0 Å². The number of thiazole rings is 1. The van der Waals surface area contributed by atoms with Gasteiger partial charge in [-0.05, 0) is 73.7 Å². The molecule has 34 heavy (non-hydrogen) atoms. The maximum absolute atomic E-state index is 6.16. The van der Waals surface area contributed by atoms with E-state index in [1.165, 1.54) is 36.2 Å². The van der Waals surface area contributed by atoms with E-state index in [1.54, 1.807) is 17.7 Å². The summed E-state index contributed by atoms with van der Waals surface area (Å²) in [7, 11) is 0. The molecule has 0 radical (unpaired) electrons. The van der Waals surface area contributed by atoms with Crippen LogP contribution >= 0.6 is 11.3 Å². The molecule has 1 aliphatic heterocycles. The second kappa shape index (κ2) is 10.5. The highest BCUT2D eigenvalue weighted by molar-refractivity contribution is 7.16. The first-order chi connectivity index (χ1) is 16.7. The molecular formula is C27H31N5OS. The Bertz CT molecular complexity index is 1240. The number of likely N-dealkylation sites (tertiary alicyclic amines) is 1. The van der Waals surface area contributed by atoms with Gasteiger partial charge < -0.3 is 15.4 Å². The molecule has 2 unspecified atom stereocenters. The number of nitrogens with two attached hydrogens (primary N) is 1. The minimum atomic E-state index is 0.0174. The summed E-state index contributed by atoms with van der Waals surface area (Å²) in [6, 6.07) is 16.8. The van der Waals surface area contributed by atoms with E-state index in [4.69, 9.17) is 10.5 Å². The highest BCUT2D eigenvalue weighted by Crippen LogP contribution is 2.39. The van der Waals surface area contributed by atoms with Gasteiger partial charge in [-0.2, -0.15) is 0 Å². The van der Waals surface area contributed by atoms with Crippen molar-refractivity contribution in [2.75, 3.05) is 32.0 Å². The molecule has 0 aliphatic carbocycles. The Balaban J connectivity index is 1.39. The van der Waals surface area contributed by atoms with Crippen molar-refractivity contribution < 1.29 is 4.74 Å². The van der Waals surface area contributed by atoms with Crippen LogP contribution in [0.1, 0.15) is 54.8 Å². The van der Waals surface area contributed by atoms with E-state index in [-0.39, 0.29) is 11.8 Å². The summed E-state index contributed by atoms with van der Waals surface area (Å²) in [6.45, 7) is 6.53. The van der Waals surface area contributed by atoms with E-state index >= 15 is 0 Å². The van der Waals surface area contributed by atoms with Crippen molar-refractivity contribution in [2.45, 2.75) is 38.0 Å². The summed E-state index contributed by atoms with van der Waals surface area (Å²) in [5, 5.41) is 0. The van der Waals surface area contributed by atoms with Crippen LogP contribution in [0, 0.1) is 0 Å². The molecule has 1 fully saturated rings. The fraction of sp³-hybridized carbons (Fsp3) is 0.370. The zero-order valence-electron chi connectivity index (χ0n) is 19.6. The Labute approximate surface area is 204 Å². The molecule has 3 heterocycles. The molecule has 176 valence electrons. The van der Waals surface area contributed by atoms with Gasteiger partial charge in [-0.15, -0.1) is 11.3 Å². The molecule has 2 aromatic heterocycles. The lowest BCUT2D eigenvalue weighted by Gasteiger charge is -2.25. The molecule has 2 atom stereocenters. The Hall–Kier alpha value is -3.03. The SMILES string of the molecule is CC(c1ccc2ncsc2c1)C(c1cccc(OCCCN2CCCC2)c1)c1cc(N)ncn1. The first kappa shape index (κ1) is 22.7. The van der Waals surface area contributed by atoms with Crippen LogP contribution in [0.4, 0.5) is 5.82 Å². The highest BCUT2D eigenvalue weighted by Gasteiger charge is 2.25. The smallest absolute Gasteiger partial charge is 0.127 e. The predicted octanol–water partition coefficient (Wildman–Crippen LogP) is 5.47. The molecular weight excluding hydrogens is 442 g/mol. The maximum atomic E-state index is 6.16. The zero-order chi connectivity index (χ0) is 23.3. The second-order valence-electron chi connectivity index (χ2n) is 9.04. The van der Waals surface area contributed by atoms with Gasteiger partial charge in [0.15, 0.2) is 0 Å². The van der Waals surface area contributed by atoms with E-state index in [0.29, 0.717) is 5.82 Å². The van der Waals surface area contributed by atoms with Crippen LogP contribution in [0.25, 0.3) is 10.2 Å². The Morgan fingerprint density at radius 1 is 1.03 bits per heavy atom. The largest absolute Gasteiger partial charge is 0.494 e. The van der Waals surface area contributed by atoms with E-state index in [9.17, 15) is 0 Å². The van der Waals surface area contributed by atoms with Crippen molar-refractivity contribution in [2.24, 2.45) is 0 Å². The Kier molecular flexibility index (Phi) is 7.02. The first-order valence-corrected chi connectivity index (χ1v) is 12.9. The lowest BCUT2D eigenvalue weighted by atomic mass is 9.80. The van der Waals surface area contributed by atoms with Crippen molar-refractivity contribution in [3.8, 4) is 5.75 Å². The average Bonchev–Trinajstić information content (AvgIpc) is 3.54. The summed E-state index contributed by atoms with van der Waals surface area (Å²) >= 11 is 1.67. The number of anilines is 1. The van der Waals surface area contributed by atoms with Crippen LogP contribution in [0.15, 0.2) is 60.4 Å². The van der Waals surface area contributed by atoms with E-state index < -0.39 is 0 Å². The van der Waals surface area contributed by atoms with Crippen LogP contribution in [-0.2, 0) is 0 Å². The van der Waals surface area contributed by atoms with Crippen molar-refractivity contribution in [3.63, 3.8) is 0 Å². The molecule has 5 rings (SSSR count). The zero-order valence-corrected chi connectivity index (χ0v) is 20.4. The lowest BCUT2D eigenvalue weighted by molar-refractivity contribution is 0.263. The molecule has 7 heteroatoms. The summed E-state index contributed by atoms with van der Waals surface area (Å²) in [4.78, 5) is 15.7.